The lowest BCUT2D eigenvalue weighted by Gasteiger charge is -2.43. The predicted molar refractivity (Wildman–Crippen MR) is 125 cm³/mol. The molecule has 4 aromatic rings. The van der Waals surface area contributed by atoms with Crippen LogP contribution in [0.3, 0.4) is 0 Å². The van der Waals surface area contributed by atoms with Gasteiger partial charge in [0.25, 0.3) is 5.91 Å². The normalized spacial score (nSPS) is 18.6. The van der Waals surface area contributed by atoms with Crippen molar-refractivity contribution in [1.29, 1.82) is 0 Å². The summed E-state index contributed by atoms with van der Waals surface area (Å²) < 4.78 is 9.51. The van der Waals surface area contributed by atoms with Gasteiger partial charge in [-0.2, -0.15) is 5.10 Å². The number of aliphatic hydroxyl groups excluding tert-OH is 1. The van der Waals surface area contributed by atoms with Gasteiger partial charge in [0.1, 0.15) is 15.9 Å². The van der Waals surface area contributed by atoms with E-state index in [2.05, 4.69) is 41.9 Å². The van der Waals surface area contributed by atoms with Gasteiger partial charge >= 0.3 is 0 Å². The molecule has 0 radical (unpaired) electrons. The SMILES string of the molecule is Cc1[nH]c2ccc(Oc3ccnn4c(Br)c(C(=O)N5C[C@@H](O)[C@H]5C)c(C)c34)cc2c1Br. The number of aliphatic hydroxyl groups is 1. The van der Waals surface area contributed by atoms with Gasteiger partial charge in [-0.15, -0.1) is 0 Å². The molecular weight excluding hydrogens is 528 g/mol. The van der Waals surface area contributed by atoms with Crippen LogP contribution in [0.25, 0.3) is 16.4 Å². The maximum atomic E-state index is 13.1. The zero-order valence-corrected chi connectivity index (χ0v) is 20.3. The second-order valence-electron chi connectivity index (χ2n) is 7.89. The minimum Gasteiger partial charge on any atom is -0.455 e. The van der Waals surface area contributed by atoms with Gasteiger partial charge in [0.2, 0.25) is 0 Å². The zero-order chi connectivity index (χ0) is 22.0. The molecule has 9 heteroatoms. The molecule has 4 heterocycles. The highest BCUT2D eigenvalue weighted by atomic mass is 79.9. The van der Waals surface area contributed by atoms with Crippen LogP contribution in [0.2, 0.25) is 0 Å². The maximum Gasteiger partial charge on any atom is 0.257 e. The van der Waals surface area contributed by atoms with Crippen molar-refractivity contribution < 1.29 is 14.6 Å². The average Bonchev–Trinajstić information content (AvgIpc) is 3.18. The molecule has 3 aromatic heterocycles. The highest BCUT2D eigenvalue weighted by Gasteiger charge is 2.39. The molecule has 0 spiro atoms. The topological polar surface area (TPSA) is 82.9 Å². The maximum absolute atomic E-state index is 13.1. The van der Waals surface area contributed by atoms with Crippen LogP contribution < -0.4 is 4.74 Å². The van der Waals surface area contributed by atoms with Gasteiger partial charge in [0, 0.05) is 33.7 Å². The molecular formula is C22H20Br2N4O3. The van der Waals surface area contributed by atoms with E-state index in [4.69, 9.17) is 4.74 Å². The van der Waals surface area contributed by atoms with Crippen LogP contribution in [0.5, 0.6) is 11.5 Å². The molecule has 7 nitrogen and oxygen atoms in total. The number of likely N-dealkylation sites (tertiary alicyclic amines) is 1. The number of ether oxygens (including phenoxy) is 1. The van der Waals surface area contributed by atoms with E-state index in [0.29, 0.717) is 28.2 Å². The molecule has 0 unspecified atom stereocenters. The molecule has 2 atom stereocenters. The molecule has 1 amide bonds. The molecule has 5 rings (SSSR count). The van der Waals surface area contributed by atoms with E-state index in [1.165, 1.54) is 0 Å². The summed E-state index contributed by atoms with van der Waals surface area (Å²) in [5.74, 6) is 1.16. The van der Waals surface area contributed by atoms with E-state index in [1.807, 2.05) is 39.0 Å². The van der Waals surface area contributed by atoms with Gasteiger partial charge in [-0.05, 0) is 76.4 Å². The number of aromatic amines is 1. The average molecular weight is 548 g/mol. The zero-order valence-electron chi connectivity index (χ0n) is 17.1. The van der Waals surface area contributed by atoms with Crippen molar-refractivity contribution in [2.45, 2.75) is 32.9 Å². The van der Waals surface area contributed by atoms with E-state index in [9.17, 15) is 9.90 Å². The summed E-state index contributed by atoms with van der Waals surface area (Å²) in [4.78, 5) is 18.1. The molecule has 0 saturated carbocycles. The van der Waals surface area contributed by atoms with Crippen molar-refractivity contribution in [1.82, 2.24) is 19.5 Å². The monoisotopic (exact) mass is 546 g/mol. The van der Waals surface area contributed by atoms with Crippen LogP contribution in [0.15, 0.2) is 39.5 Å². The molecule has 1 aliphatic heterocycles. The number of rotatable bonds is 3. The lowest BCUT2D eigenvalue weighted by Crippen LogP contribution is -2.60. The van der Waals surface area contributed by atoms with Gasteiger partial charge < -0.3 is 19.7 Å². The number of aryl methyl sites for hydroxylation is 2. The highest BCUT2D eigenvalue weighted by Crippen LogP contribution is 2.38. The quantitative estimate of drug-likeness (QED) is 0.380. The number of hydrogen-bond acceptors (Lipinski definition) is 4. The van der Waals surface area contributed by atoms with Crippen LogP contribution in [0, 0.1) is 13.8 Å². The molecule has 31 heavy (non-hydrogen) atoms. The van der Waals surface area contributed by atoms with E-state index in [1.54, 1.807) is 21.7 Å². The van der Waals surface area contributed by atoms with Crippen molar-refractivity contribution in [3.63, 3.8) is 0 Å². The fraction of sp³-hybridized carbons (Fsp3) is 0.273. The van der Waals surface area contributed by atoms with Crippen molar-refractivity contribution in [3.05, 3.63) is 56.4 Å². The number of benzene rings is 1. The first-order valence-corrected chi connectivity index (χ1v) is 11.5. The van der Waals surface area contributed by atoms with Gasteiger partial charge in [-0.3, -0.25) is 4.79 Å². The number of H-pyrrole nitrogens is 1. The minimum atomic E-state index is -0.483. The number of aromatic nitrogens is 3. The summed E-state index contributed by atoms with van der Waals surface area (Å²) in [6.07, 6.45) is 1.16. The molecule has 2 N–H and O–H groups in total. The molecule has 160 valence electrons. The van der Waals surface area contributed by atoms with Gasteiger partial charge in [0.05, 0.1) is 23.9 Å². The Morgan fingerprint density at radius 1 is 1.29 bits per heavy atom. The van der Waals surface area contributed by atoms with E-state index in [0.717, 1.165) is 32.1 Å². The number of β-amino-alcohol motifs (C(OH)–C–C–N with tert-alkyl or cyclic N) is 1. The highest BCUT2D eigenvalue weighted by molar-refractivity contribution is 9.11. The van der Waals surface area contributed by atoms with E-state index in [-0.39, 0.29) is 11.9 Å². The molecule has 1 aliphatic rings. The van der Waals surface area contributed by atoms with Crippen LogP contribution in [-0.2, 0) is 0 Å². The summed E-state index contributed by atoms with van der Waals surface area (Å²) in [5.41, 5.74) is 4.10. The van der Waals surface area contributed by atoms with Crippen molar-refractivity contribution in [2.24, 2.45) is 0 Å². The van der Waals surface area contributed by atoms with E-state index < -0.39 is 6.10 Å². The Bertz CT molecular complexity index is 1360. The Hall–Kier alpha value is -2.36. The largest absolute Gasteiger partial charge is 0.455 e. The third-order valence-electron chi connectivity index (χ3n) is 5.99. The summed E-state index contributed by atoms with van der Waals surface area (Å²) in [6.45, 7) is 6.07. The van der Waals surface area contributed by atoms with Crippen LogP contribution in [0.4, 0.5) is 0 Å². The summed E-state index contributed by atoms with van der Waals surface area (Å²) in [5, 5.41) is 15.3. The number of fused-ring (bicyclic) bond motifs is 2. The van der Waals surface area contributed by atoms with Crippen molar-refractivity contribution in [2.75, 3.05) is 6.54 Å². The molecule has 1 fully saturated rings. The standard InChI is InChI=1S/C22H20Br2N4O3/c1-10-18(22(30)27-9-16(29)12(27)3)21(24)28-20(10)17(6-7-25-28)31-13-4-5-15-14(8-13)19(23)11(2)26-15/h4-8,12,16,26,29H,9H2,1-3H3/t12-,16-/m1/s1. The number of nitrogens with one attached hydrogen (secondary N) is 1. The Labute approximate surface area is 195 Å². The Balaban J connectivity index is 1.57. The number of nitrogens with zero attached hydrogens (tertiary/aromatic N) is 3. The molecule has 1 saturated heterocycles. The van der Waals surface area contributed by atoms with Crippen LogP contribution in [-0.4, -0.2) is 49.2 Å². The molecule has 0 aliphatic carbocycles. The number of halogens is 2. The fourth-order valence-corrected chi connectivity index (χ4v) is 5.24. The van der Waals surface area contributed by atoms with Crippen molar-refractivity contribution in [3.8, 4) is 11.5 Å². The summed E-state index contributed by atoms with van der Waals surface area (Å²) >= 11 is 7.17. The van der Waals surface area contributed by atoms with Gasteiger partial charge in [-0.1, -0.05) is 0 Å². The first kappa shape index (κ1) is 20.5. The third-order valence-corrected chi connectivity index (χ3v) is 7.74. The van der Waals surface area contributed by atoms with Gasteiger partial charge in [-0.25, -0.2) is 4.52 Å². The number of carbonyl (C=O) groups is 1. The molecule has 1 aromatic carbocycles. The lowest BCUT2D eigenvalue weighted by molar-refractivity contribution is -0.0357. The minimum absolute atomic E-state index is 0.133. The van der Waals surface area contributed by atoms with E-state index >= 15 is 0 Å². The fourth-order valence-electron chi connectivity index (χ4n) is 4.08. The van der Waals surface area contributed by atoms with Gasteiger partial charge in [0.15, 0.2) is 5.75 Å². The Morgan fingerprint density at radius 2 is 2.06 bits per heavy atom. The van der Waals surface area contributed by atoms with Crippen molar-refractivity contribution >= 4 is 54.2 Å². The Morgan fingerprint density at radius 3 is 2.77 bits per heavy atom. The predicted octanol–water partition coefficient (Wildman–Crippen LogP) is 4.95. The smallest absolute Gasteiger partial charge is 0.257 e. The number of carbonyl (C=O) groups excluding carboxylic acids is 1. The number of amides is 1. The van der Waals surface area contributed by atoms with Crippen LogP contribution in [0.1, 0.15) is 28.5 Å². The first-order chi connectivity index (χ1) is 14.8. The Kier molecular flexibility index (Phi) is 4.87. The number of hydrogen-bond donors (Lipinski definition) is 2. The summed E-state index contributed by atoms with van der Waals surface area (Å²) in [6, 6.07) is 7.45. The summed E-state index contributed by atoms with van der Waals surface area (Å²) in [7, 11) is 0. The third kappa shape index (κ3) is 3.09. The second kappa shape index (κ2) is 7.36. The van der Waals surface area contributed by atoms with Crippen LogP contribution >= 0.6 is 31.9 Å². The first-order valence-electron chi connectivity index (χ1n) is 9.88. The molecule has 0 bridgehead atoms. The second-order valence-corrected chi connectivity index (χ2v) is 9.43. The lowest BCUT2D eigenvalue weighted by atomic mass is 9.99.